The molecule has 2 heterocycles. The minimum Gasteiger partial charge on any atom is -0.493 e. The third kappa shape index (κ3) is 4.52. The molecule has 0 aliphatic carbocycles. The number of rotatable bonds is 5. The molecule has 1 unspecified atom stereocenters. The van der Waals surface area contributed by atoms with Gasteiger partial charge >= 0.3 is 0 Å². The minimum absolute atomic E-state index is 0.0150. The first-order valence-corrected chi connectivity index (χ1v) is 11.9. The van der Waals surface area contributed by atoms with E-state index in [2.05, 4.69) is 11.4 Å². The Hall–Kier alpha value is -2.38. The number of piperidine rings is 1. The standard InChI is InChI=1S/C23H28N2O4S/c1-17-6-8-21(9-7-17)30(27,28)25-12-10-19(11-13-25)23(26)24-15-18-14-20-4-2-3-5-22(20)29-16-18/h2-9,18-19H,10-16H2,1H3,(H,24,26). The van der Waals surface area contributed by atoms with Crippen LogP contribution in [0.2, 0.25) is 0 Å². The molecule has 0 saturated carbocycles. The molecule has 7 heteroatoms. The van der Waals surface area contributed by atoms with Crippen molar-refractivity contribution in [2.75, 3.05) is 26.2 Å². The van der Waals surface area contributed by atoms with Crippen molar-refractivity contribution >= 4 is 15.9 Å². The van der Waals surface area contributed by atoms with Crippen LogP contribution in [0.25, 0.3) is 0 Å². The number of hydrogen-bond donors (Lipinski definition) is 1. The Bertz CT molecular complexity index is 996. The van der Waals surface area contributed by atoms with E-state index in [1.165, 1.54) is 9.87 Å². The van der Waals surface area contributed by atoms with Gasteiger partial charge in [0.2, 0.25) is 15.9 Å². The number of carbonyl (C=O) groups is 1. The Morgan fingerprint density at radius 1 is 1.10 bits per heavy atom. The van der Waals surface area contributed by atoms with Crippen LogP contribution >= 0.6 is 0 Å². The molecule has 0 radical (unpaired) electrons. The zero-order valence-corrected chi connectivity index (χ0v) is 18.0. The van der Waals surface area contributed by atoms with Crippen molar-refractivity contribution in [2.45, 2.75) is 31.1 Å². The van der Waals surface area contributed by atoms with E-state index < -0.39 is 10.0 Å². The third-order valence-corrected chi connectivity index (χ3v) is 7.92. The molecule has 2 aliphatic heterocycles. The SMILES string of the molecule is Cc1ccc(S(=O)(=O)N2CCC(C(=O)NCC3COc4ccccc4C3)CC2)cc1. The van der Waals surface area contributed by atoms with Crippen LogP contribution in [-0.2, 0) is 21.2 Å². The highest BCUT2D eigenvalue weighted by molar-refractivity contribution is 7.89. The number of fused-ring (bicyclic) bond motifs is 1. The molecular formula is C23H28N2O4S. The van der Waals surface area contributed by atoms with Crippen LogP contribution in [0.1, 0.15) is 24.0 Å². The van der Waals surface area contributed by atoms with Crippen molar-refractivity contribution < 1.29 is 17.9 Å². The maximum absolute atomic E-state index is 12.8. The Kier molecular flexibility index (Phi) is 6.11. The molecule has 4 rings (SSSR count). The zero-order valence-electron chi connectivity index (χ0n) is 17.2. The van der Waals surface area contributed by atoms with Crippen LogP contribution < -0.4 is 10.1 Å². The molecule has 0 bridgehead atoms. The third-order valence-electron chi connectivity index (χ3n) is 6.00. The molecule has 2 aliphatic rings. The van der Waals surface area contributed by atoms with E-state index in [4.69, 9.17) is 4.74 Å². The van der Waals surface area contributed by atoms with Crippen LogP contribution in [-0.4, -0.2) is 44.9 Å². The quantitative estimate of drug-likeness (QED) is 0.795. The summed E-state index contributed by atoms with van der Waals surface area (Å²) in [7, 11) is -3.50. The molecule has 30 heavy (non-hydrogen) atoms. The summed E-state index contributed by atoms with van der Waals surface area (Å²) in [5.74, 6) is 1.06. The lowest BCUT2D eigenvalue weighted by molar-refractivity contribution is -0.126. The fourth-order valence-electron chi connectivity index (χ4n) is 4.13. The van der Waals surface area contributed by atoms with Crippen molar-refractivity contribution in [2.24, 2.45) is 11.8 Å². The van der Waals surface area contributed by atoms with Crippen LogP contribution in [0.3, 0.4) is 0 Å². The van der Waals surface area contributed by atoms with Crippen LogP contribution in [0.5, 0.6) is 5.75 Å². The second kappa shape index (κ2) is 8.78. The molecule has 0 aromatic heterocycles. The summed E-state index contributed by atoms with van der Waals surface area (Å²) >= 11 is 0. The second-order valence-corrected chi connectivity index (χ2v) is 10.2. The topological polar surface area (TPSA) is 75.7 Å². The largest absolute Gasteiger partial charge is 0.493 e. The molecule has 1 N–H and O–H groups in total. The molecule has 160 valence electrons. The second-order valence-electron chi connectivity index (χ2n) is 8.23. The Balaban J connectivity index is 1.27. The highest BCUT2D eigenvalue weighted by Gasteiger charge is 2.32. The number of benzene rings is 2. The van der Waals surface area contributed by atoms with Gasteiger partial charge in [-0.15, -0.1) is 0 Å². The summed E-state index contributed by atoms with van der Waals surface area (Å²) < 4.78 is 32.9. The number of nitrogens with one attached hydrogen (secondary N) is 1. The summed E-state index contributed by atoms with van der Waals surface area (Å²) in [5, 5.41) is 3.06. The van der Waals surface area contributed by atoms with Crippen molar-refractivity contribution in [1.82, 2.24) is 9.62 Å². The van der Waals surface area contributed by atoms with Gasteiger partial charge in [0.25, 0.3) is 0 Å². The number of carbonyl (C=O) groups excluding carboxylic acids is 1. The van der Waals surface area contributed by atoms with Crippen molar-refractivity contribution in [1.29, 1.82) is 0 Å². The average molecular weight is 429 g/mol. The van der Waals surface area contributed by atoms with Gasteiger partial charge in [0.1, 0.15) is 5.75 Å². The first kappa shape index (κ1) is 20.9. The van der Waals surface area contributed by atoms with E-state index in [0.29, 0.717) is 44.0 Å². The molecule has 1 fully saturated rings. The number of amides is 1. The van der Waals surface area contributed by atoms with Gasteiger partial charge < -0.3 is 10.1 Å². The normalized spacial score (nSPS) is 20.2. The van der Waals surface area contributed by atoms with Crippen molar-refractivity contribution in [3.8, 4) is 5.75 Å². The summed E-state index contributed by atoms with van der Waals surface area (Å²) in [6.45, 7) is 3.85. The van der Waals surface area contributed by atoms with E-state index in [9.17, 15) is 13.2 Å². The lowest BCUT2D eigenvalue weighted by Crippen LogP contribution is -2.44. The summed E-state index contributed by atoms with van der Waals surface area (Å²) in [5.41, 5.74) is 2.20. The molecule has 1 amide bonds. The van der Waals surface area contributed by atoms with E-state index in [1.54, 1.807) is 24.3 Å². The van der Waals surface area contributed by atoms with Crippen LogP contribution in [0.15, 0.2) is 53.4 Å². The van der Waals surface area contributed by atoms with Gasteiger partial charge in [-0.05, 0) is 49.9 Å². The maximum Gasteiger partial charge on any atom is 0.243 e. The smallest absolute Gasteiger partial charge is 0.243 e. The Labute approximate surface area is 178 Å². The van der Waals surface area contributed by atoms with Gasteiger partial charge in [-0.3, -0.25) is 4.79 Å². The highest BCUT2D eigenvalue weighted by Crippen LogP contribution is 2.27. The molecule has 6 nitrogen and oxygen atoms in total. The Morgan fingerprint density at radius 2 is 1.80 bits per heavy atom. The molecular weight excluding hydrogens is 400 g/mol. The van der Waals surface area contributed by atoms with E-state index >= 15 is 0 Å². The van der Waals surface area contributed by atoms with Gasteiger partial charge in [-0.25, -0.2) is 8.42 Å². The van der Waals surface area contributed by atoms with Gasteiger partial charge in [0, 0.05) is 31.5 Å². The number of sulfonamides is 1. The van der Waals surface area contributed by atoms with Gasteiger partial charge in [-0.2, -0.15) is 4.31 Å². The molecule has 2 aromatic rings. The highest BCUT2D eigenvalue weighted by atomic mass is 32.2. The Morgan fingerprint density at radius 3 is 2.53 bits per heavy atom. The fraction of sp³-hybridized carbons (Fsp3) is 0.435. The van der Waals surface area contributed by atoms with Crippen molar-refractivity contribution in [3.05, 3.63) is 59.7 Å². The molecule has 2 aromatic carbocycles. The number of aryl methyl sites for hydroxylation is 1. The van der Waals surface area contributed by atoms with E-state index in [1.807, 2.05) is 25.1 Å². The van der Waals surface area contributed by atoms with Gasteiger partial charge in [0.05, 0.1) is 11.5 Å². The molecule has 0 spiro atoms. The number of hydrogen-bond acceptors (Lipinski definition) is 4. The van der Waals surface area contributed by atoms with Crippen LogP contribution in [0, 0.1) is 18.8 Å². The summed E-state index contributed by atoms with van der Waals surface area (Å²) in [4.78, 5) is 12.9. The zero-order chi connectivity index (χ0) is 21.1. The lowest BCUT2D eigenvalue weighted by Gasteiger charge is -2.31. The van der Waals surface area contributed by atoms with E-state index in [0.717, 1.165) is 17.7 Å². The first-order valence-electron chi connectivity index (χ1n) is 10.5. The number of para-hydroxylation sites is 1. The summed E-state index contributed by atoms with van der Waals surface area (Å²) in [6, 6.07) is 14.9. The monoisotopic (exact) mass is 428 g/mol. The maximum atomic E-state index is 12.8. The van der Waals surface area contributed by atoms with Gasteiger partial charge in [0.15, 0.2) is 0 Å². The molecule has 1 saturated heterocycles. The van der Waals surface area contributed by atoms with Crippen molar-refractivity contribution in [3.63, 3.8) is 0 Å². The number of ether oxygens (including phenoxy) is 1. The lowest BCUT2D eigenvalue weighted by atomic mass is 9.95. The first-order chi connectivity index (χ1) is 14.4. The average Bonchev–Trinajstić information content (AvgIpc) is 2.77. The fourth-order valence-corrected chi connectivity index (χ4v) is 5.60. The van der Waals surface area contributed by atoms with Gasteiger partial charge in [-0.1, -0.05) is 35.9 Å². The molecule has 1 atom stereocenters. The number of nitrogens with zero attached hydrogens (tertiary/aromatic N) is 1. The van der Waals surface area contributed by atoms with E-state index in [-0.39, 0.29) is 17.7 Å². The summed E-state index contributed by atoms with van der Waals surface area (Å²) in [6.07, 6.45) is 1.98. The predicted molar refractivity (Wildman–Crippen MR) is 115 cm³/mol. The minimum atomic E-state index is -3.50. The van der Waals surface area contributed by atoms with Crippen LogP contribution in [0.4, 0.5) is 0 Å². The predicted octanol–water partition coefficient (Wildman–Crippen LogP) is 2.76.